The third-order valence-corrected chi connectivity index (χ3v) is 4.54. The first-order chi connectivity index (χ1) is 6.91. The monoisotopic (exact) mass is 249 g/mol. The number of nitrogens with zero attached hydrogens (tertiary/aromatic N) is 1. The Morgan fingerprint density at radius 3 is 2.47 bits per heavy atom. The average molecular weight is 249 g/mol. The van der Waals surface area contributed by atoms with Crippen LogP contribution in [0.1, 0.15) is 10.4 Å². The summed E-state index contributed by atoms with van der Waals surface area (Å²) < 4.78 is 29.1. The zero-order valence-corrected chi connectivity index (χ0v) is 10.2. The second kappa shape index (κ2) is 4.30. The first-order valence-electron chi connectivity index (χ1n) is 3.98. The Hall–Kier alpha value is -0.920. The molecular weight excluding hydrogens is 238 g/mol. The van der Waals surface area contributed by atoms with Gasteiger partial charge in [0.2, 0.25) is 10.0 Å². The number of ether oxygens (including phenoxy) is 1. The van der Waals surface area contributed by atoms with Crippen molar-refractivity contribution in [2.24, 2.45) is 0 Å². The minimum Gasteiger partial charge on any atom is -0.465 e. The van der Waals surface area contributed by atoms with Gasteiger partial charge in [-0.3, -0.25) is 0 Å². The maximum absolute atomic E-state index is 11.8. The minimum absolute atomic E-state index is 0.00986. The summed E-state index contributed by atoms with van der Waals surface area (Å²) in [6.45, 7) is 0. The summed E-state index contributed by atoms with van der Waals surface area (Å²) in [5, 5.41) is 2.88. The molecule has 84 valence electrons. The van der Waals surface area contributed by atoms with E-state index in [0.717, 1.165) is 15.6 Å². The van der Waals surface area contributed by atoms with Gasteiger partial charge in [0.15, 0.2) is 0 Å². The van der Waals surface area contributed by atoms with Gasteiger partial charge in [0.1, 0.15) is 4.90 Å². The van der Waals surface area contributed by atoms with Gasteiger partial charge >= 0.3 is 5.97 Å². The maximum atomic E-state index is 11.8. The molecule has 0 bridgehead atoms. The molecule has 15 heavy (non-hydrogen) atoms. The molecule has 0 saturated heterocycles. The van der Waals surface area contributed by atoms with E-state index in [2.05, 4.69) is 4.74 Å². The highest BCUT2D eigenvalue weighted by Gasteiger charge is 2.25. The van der Waals surface area contributed by atoms with E-state index in [-0.39, 0.29) is 10.5 Å². The molecule has 0 saturated carbocycles. The van der Waals surface area contributed by atoms with Gasteiger partial charge in [0, 0.05) is 24.9 Å². The third kappa shape index (κ3) is 2.19. The molecule has 0 N–H and O–H groups in total. The summed E-state index contributed by atoms with van der Waals surface area (Å²) in [6.07, 6.45) is 0. The van der Waals surface area contributed by atoms with Gasteiger partial charge < -0.3 is 4.74 Å². The molecule has 1 aromatic rings. The van der Waals surface area contributed by atoms with Crippen LogP contribution in [0.4, 0.5) is 0 Å². The van der Waals surface area contributed by atoms with Gasteiger partial charge in [0.05, 0.1) is 12.7 Å². The first-order valence-corrected chi connectivity index (χ1v) is 6.36. The van der Waals surface area contributed by atoms with Crippen LogP contribution < -0.4 is 0 Å². The van der Waals surface area contributed by atoms with Crippen molar-refractivity contribution in [1.82, 2.24) is 4.31 Å². The Labute approximate surface area is 92.3 Å². The fourth-order valence-electron chi connectivity index (χ4n) is 0.941. The molecule has 0 spiro atoms. The highest BCUT2D eigenvalue weighted by atomic mass is 32.2. The summed E-state index contributed by atoms with van der Waals surface area (Å²) in [7, 11) is 0.459. The summed E-state index contributed by atoms with van der Waals surface area (Å²) >= 11 is 1.15. The number of carbonyl (C=O) groups excluding carboxylic acids is 1. The van der Waals surface area contributed by atoms with Gasteiger partial charge in [-0.2, -0.15) is 11.3 Å². The lowest BCUT2D eigenvalue weighted by Gasteiger charge is -2.10. The number of thiophene rings is 1. The van der Waals surface area contributed by atoms with E-state index in [1.807, 2.05) is 0 Å². The highest BCUT2D eigenvalue weighted by molar-refractivity contribution is 7.89. The van der Waals surface area contributed by atoms with Crippen molar-refractivity contribution in [3.63, 3.8) is 0 Å². The Bertz CT molecular complexity index is 461. The first kappa shape index (κ1) is 12.2. The summed E-state index contributed by atoms with van der Waals surface area (Å²) in [5.74, 6) is -0.642. The van der Waals surface area contributed by atoms with Crippen molar-refractivity contribution >= 4 is 27.3 Å². The lowest BCUT2D eigenvalue weighted by molar-refractivity contribution is 0.0597. The Balaban J connectivity index is 3.29. The van der Waals surface area contributed by atoms with Crippen molar-refractivity contribution in [1.29, 1.82) is 0 Å². The normalized spacial score (nSPS) is 11.7. The number of esters is 1. The van der Waals surface area contributed by atoms with Crippen LogP contribution in [-0.2, 0) is 14.8 Å². The van der Waals surface area contributed by atoms with Crippen LogP contribution in [0.25, 0.3) is 0 Å². The second-order valence-electron chi connectivity index (χ2n) is 2.93. The molecule has 0 amide bonds. The smallest absolute Gasteiger partial charge is 0.340 e. The van der Waals surface area contributed by atoms with Gasteiger partial charge in [0.25, 0.3) is 0 Å². The van der Waals surface area contributed by atoms with Crippen LogP contribution in [0, 0.1) is 0 Å². The number of rotatable bonds is 3. The zero-order valence-electron chi connectivity index (χ0n) is 8.55. The summed E-state index contributed by atoms with van der Waals surface area (Å²) in [5.41, 5.74) is 0.0798. The molecule has 0 aliphatic heterocycles. The number of carbonyl (C=O) groups is 1. The Morgan fingerprint density at radius 1 is 1.40 bits per heavy atom. The molecule has 0 radical (unpaired) electrons. The third-order valence-electron chi connectivity index (χ3n) is 1.79. The maximum Gasteiger partial charge on any atom is 0.340 e. The summed E-state index contributed by atoms with van der Waals surface area (Å²) in [6, 6.07) is 0. The van der Waals surface area contributed by atoms with E-state index in [0.29, 0.717) is 0 Å². The molecule has 5 nitrogen and oxygen atoms in total. The molecule has 0 aliphatic rings. The van der Waals surface area contributed by atoms with Crippen molar-refractivity contribution in [3.05, 3.63) is 16.3 Å². The molecule has 0 unspecified atom stereocenters. The van der Waals surface area contributed by atoms with E-state index in [1.54, 1.807) is 0 Å². The number of methoxy groups -OCH3 is 1. The van der Waals surface area contributed by atoms with E-state index in [4.69, 9.17) is 0 Å². The van der Waals surface area contributed by atoms with Crippen molar-refractivity contribution < 1.29 is 17.9 Å². The Kier molecular flexibility index (Phi) is 3.48. The minimum atomic E-state index is -3.58. The van der Waals surface area contributed by atoms with E-state index < -0.39 is 16.0 Å². The van der Waals surface area contributed by atoms with Gasteiger partial charge in [-0.15, -0.1) is 0 Å². The van der Waals surface area contributed by atoms with Crippen molar-refractivity contribution in [2.45, 2.75) is 4.90 Å². The lowest BCUT2D eigenvalue weighted by atomic mass is 10.3. The highest BCUT2D eigenvalue weighted by Crippen LogP contribution is 2.23. The van der Waals surface area contributed by atoms with Crippen LogP contribution in [0.15, 0.2) is 15.7 Å². The van der Waals surface area contributed by atoms with Crippen LogP contribution in [-0.4, -0.2) is 39.9 Å². The van der Waals surface area contributed by atoms with Gasteiger partial charge in [-0.05, 0) is 0 Å². The second-order valence-corrected chi connectivity index (χ2v) is 5.79. The van der Waals surface area contributed by atoms with E-state index >= 15 is 0 Å². The zero-order chi connectivity index (χ0) is 11.6. The predicted octanol–water partition coefficient (Wildman–Crippen LogP) is 0.785. The van der Waals surface area contributed by atoms with Crippen LogP contribution in [0.3, 0.4) is 0 Å². The molecule has 0 atom stereocenters. The predicted molar refractivity (Wildman–Crippen MR) is 56.5 cm³/mol. The van der Waals surface area contributed by atoms with Gasteiger partial charge in [-0.25, -0.2) is 17.5 Å². The molecule has 1 aromatic heterocycles. The van der Waals surface area contributed by atoms with E-state index in [9.17, 15) is 13.2 Å². The van der Waals surface area contributed by atoms with Crippen molar-refractivity contribution in [2.75, 3.05) is 21.2 Å². The van der Waals surface area contributed by atoms with Crippen LogP contribution >= 0.6 is 11.3 Å². The quantitative estimate of drug-likeness (QED) is 0.743. The molecule has 0 fully saturated rings. The fraction of sp³-hybridized carbons (Fsp3) is 0.375. The van der Waals surface area contributed by atoms with Crippen LogP contribution in [0.2, 0.25) is 0 Å². The number of sulfonamides is 1. The Morgan fingerprint density at radius 2 is 2.00 bits per heavy atom. The topological polar surface area (TPSA) is 63.7 Å². The van der Waals surface area contributed by atoms with E-state index in [1.165, 1.54) is 32.0 Å². The molecule has 0 aliphatic carbocycles. The van der Waals surface area contributed by atoms with Gasteiger partial charge in [-0.1, -0.05) is 0 Å². The molecule has 0 aromatic carbocycles. The number of hydrogen-bond acceptors (Lipinski definition) is 5. The summed E-state index contributed by atoms with van der Waals surface area (Å²) in [4.78, 5) is 11.3. The molecule has 1 heterocycles. The molecule has 7 heteroatoms. The van der Waals surface area contributed by atoms with Crippen LogP contribution in [0.5, 0.6) is 0 Å². The molecule has 1 rings (SSSR count). The fourth-order valence-corrected chi connectivity index (χ4v) is 3.16. The molecular formula is C8H11NO4S2. The lowest BCUT2D eigenvalue weighted by Crippen LogP contribution is -2.23. The van der Waals surface area contributed by atoms with Crippen molar-refractivity contribution in [3.8, 4) is 0 Å². The average Bonchev–Trinajstić information content (AvgIpc) is 2.65. The largest absolute Gasteiger partial charge is 0.465 e. The SMILES string of the molecule is COC(=O)c1cscc1S(=O)(=O)N(C)C. The number of hydrogen-bond donors (Lipinski definition) is 0. The standard InChI is InChI=1S/C8H11NO4S2/c1-9(2)15(11,12)7-5-14-4-6(7)8(10)13-3/h4-5H,1-3H3.